The van der Waals surface area contributed by atoms with Gasteiger partial charge in [-0.05, 0) is 24.6 Å². The van der Waals surface area contributed by atoms with Gasteiger partial charge >= 0.3 is 0 Å². The van der Waals surface area contributed by atoms with Gasteiger partial charge in [-0.15, -0.1) is 0 Å². The Labute approximate surface area is 206 Å². The largest absolute Gasteiger partial charge is 0.481 e. The number of anilines is 1. The van der Waals surface area contributed by atoms with Crippen molar-refractivity contribution in [3.63, 3.8) is 0 Å². The first-order valence-electron chi connectivity index (χ1n) is 11.6. The van der Waals surface area contributed by atoms with Crippen LogP contribution in [-0.2, 0) is 0 Å². The molecular weight excluding hydrogens is 454 g/mol. The Bertz CT molecular complexity index is 1660. The number of hydrogen-bond donors (Lipinski definition) is 3. The second-order valence-corrected chi connectivity index (χ2v) is 8.31. The van der Waals surface area contributed by atoms with Crippen molar-refractivity contribution in [2.24, 2.45) is 0 Å². The van der Waals surface area contributed by atoms with Gasteiger partial charge in [0.2, 0.25) is 5.88 Å². The Hall–Kier alpha value is -4.86. The van der Waals surface area contributed by atoms with Crippen molar-refractivity contribution >= 4 is 28.0 Å². The van der Waals surface area contributed by atoms with Gasteiger partial charge in [-0.25, -0.2) is 24.9 Å². The predicted molar refractivity (Wildman–Crippen MR) is 137 cm³/mol. The molecule has 3 N–H and O–H groups in total. The summed E-state index contributed by atoms with van der Waals surface area (Å²) < 4.78 is 5.63. The molecule has 0 spiro atoms. The Morgan fingerprint density at radius 2 is 1.83 bits per heavy atom. The molecule has 0 aliphatic rings. The number of aromatic amines is 2. The topological polar surface area (TPSA) is 130 Å². The molecule has 6 rings (SSSR count). The van der Waals surface area contributed by atoms with Gasteiger partial charge in [-0.2, -0.15) is 0 Å². The van der Waals surface area contributed by atoms with Crippen LogP contribution in [0.2, 0.25) is 0 Å². The van der Waals surface area contributed by atoms with Crippen molar-refractivity contribution in [3.05, 3.63) is 73.5 Å². The van der Waals surface area contributed by atoms with E-state index in [4.69, 9.17) is 4.74 Å². The molecule has 10 nitrogen and oxygen atoms in total. The molecule has 0 bridgehead atoms. The van der Waals surface area contributed by atoms with Crippen LogP contribution in [0.25, 0.3) is 44.5 Å². The van der Waals surface area contributed by atoms with Crippen molar-refractivity contribution < 1.29 is 4.74 Å². The van der Waals surface area contributed by atoms with Gasteiger partial charge in [0, 0.05) is 64.2 Å². The van der Waals surface area contributed by atoms with Gasteiger partial charge < -0.3 is 20.0 Å². The Morgan fingerprint density at radius 3 is 2.67 bits per heavy atom. The average molecular weight is 478 g/mol. The number of hydrogen-bond acceptors (Lipinski definition) is 8. The zero-order valence-electron chi connectivity index (χ0n) is 19.7. The van der Waals surface area contributed by atoms with Crippen LogP contribution in [0.5, 0.6) is 5.88 Å². The molecule has 0 radical (unpaired) electrons. The molecule has 1 atom stereocenters. The fraction of sp³-hybridized carbons (Fsp3) is 0.154. The maximum Gasteiger partial charge on any atom is 0.218 e. The molecule has 0 unspecified atom stereocenters. The van der Waals surface area contributed by atoms with Crippen molar-refractivity contribution in [1.29, 1.82) is 0 Å². The number of aromatic nitrogens is 8. The van der Waals surface area contributed by atoms with E-state index in [2.05, 4.69) is 64.2 Å². The summed E-state index contributed by atoms with van der Waals surface area (Å²) in [6, 6.07) is 8.07. The zero-order chi connectivity index (χ0) is 24.5. The number of methoxy groups -OCH3 is 1. The minimum atomic E-state index is -0.114. The lowest BCUT2D eigenvalue weighted by Gasteiger charge is -2.20. The molecule has 10 heteroatoms. The third-order valence-electron chi connectivity index (χ3n) is 6.22. The van der Waals surface area contributed by atoms with Gasteiger partial charge in [0.25, 0.3) is 0 Å². The van der Waals surface area contributed by atoms with E-state index < -0.39 is 0 Å². The molecule has 178 valence electrons. The lowest BCUT2D eigenvalue weighted by molar-refractivity contribution is 0.389. The molecular formula is C26H23N9O. The normalized spacial score (nSPS) is 12.2. The summed E-state index contributed by atoms with van der Waals surface area (Å²) in [6.07, 6.45) is 13.1. The fourth-order valence-electron chi connectivity index (χ4n) is 4.40. The first-order valence-corrected chi connectivity index (χ1v) is 11.6. The number of rotatable bonds is 7. The second-order valence-electron chi connectivity index (χ2n) is 8.31. The average Bonchev–Trinajstić information content (AvgIpc) is 3.59. The molecule has 0 aromatic carbocycles. The minimum absolute atomic E-state index is 0.114. The highest BCUT2D eigenvalue weighted by atomic mass is 16.5. The van der Waals surface area contributed by atoms with Crippen LogP contribution >= 0.6 is 0 Å². The maximum absolute atomic E-state index is 5.63. The van der Waals surface area contributed by atoms with Crippen molar-refractivity contribution in [2.45, 2.75) is 19.4 Å². The van der Waals surface area contributed by atoms with Crippen LogP contribution in [0.4, 0.5) is 5.82 Å². The standard InChI is InChI=1S/C26H23N9O/c1-3-21(35-25-22-24(32-13-31-22)33-14-34-25)19-8-17(11-30-26(19)36-2)16-7-18-20(12-29-23(18)28-10-16)15-5-4-6-27-9-15/h4-14,21H,3H2,1-2H3,(H,28,29)(H2,31,32,33,34,35)/t21-/m0/s1. The smallest absolute Gasteiger partial charge is 0.218 e. The number of fused-ring (bicyclic) bond motifs is 2. The Morgan fingerprint density at radius 1 is 0.944 bits per heavy atom. The fourth-order valence-corrected chi connectivity index (χ4v) is 4.40. The molecule has 0 aliphatic heterocycles. The summed E-state index contributed by atoms with van der Waals surface area (Å²) in [7, 11) is 1.63. The van der Waals surface area contributed by atoms with Gasteiger partial charge in [0.05, 0.1) is 19.5 Å². The van der Waals surface area contributed by atoms with E-state index in [1.54, 1.807) is 19.6 Å². The lowest BCUT2D eigenvalue weighted by atomic mass is 10.00. The van der Waals surface area contributed by atoms with Crippen molar-refractivity contribution in [1.82, 2.24) is 39.9 Å². The molecule has 0 amide bonds. The van der Waals surface area contributed by atoms with E-state index >= 15 is 0 Å². The van der Waals surface area contributed by atoms with Crippen molar-refractivity contribution in [3.8, 4) is 28.1 Å². The first-order chi connectivity index (χ1) is 17.7. The molecule has 36 heavy (non-hydrogen) atoms. The highest BCUT2D eigenvalue weighted by Crippen LogP contribution is 2.35. The zero-order valence-corrected chi connectivity index (χ0v) is 19.7. The molecule has 0 fully saturated rings. The van der Waals surface area contributed by atoms with Crippen LogP contribution in [0.15, 0.2) is 67.9 Å². The molecule has 6 aromatic heterocycles. The van der Waals surface area contributed by atoms with E-state index in [9.17, 15) is 0 Å². The summed E-state index contributed by atoms with van der Waals surface area (Å²) in [6.45, 7) is 2.10. The van der Waals surface area contributed by atoms with Crippen molar-refractivity contribution in [2.75, 3.05) is 12.4 Å². The van der Waals surface area contributed by atoms with Crippen LogP contribution in [0.3, 0.4) is 0 Å². The van der Waals surface area contributed by atoms with E-state index in [1.807, 2.05) is 36.9 Å². The number of nitrogens with one attached hydrogen (secondary N) is 3. The SMILES string of the molecule is CC[C@H](Nc1ncnc2[nH]cnc12)c1cc(-c2cnc3[nH]cc(-c4cccnc4)c3c2)cnc1OC. The number of ether oxygens (including phenoxy) is 1. The highest BCUT2D eigenvalue weighted by Gasteiger charge is 2.20. The number of nitrogens with zero attached hydrogens (tertiary/aromatic N) is 6. The Balaban J connectivity index is 1.41. The second kappa shape index (κ2) is 9.06. The summed E-state index contributed by atoms with van der Waals surface area (Å²) >= 11 is 0. The summed E-state index contributed by atoms with van der Waals surface area (Å²) in [4.78, 5) is 32.8. The Kier molecular flexibility index (Phi) is 5.45. The molecule has 0 saturated carbocycles. The molecule has 6 heterocycles. The van der Waals surface area contributed by atoms with Crippen LogP contribution in [0, 0.1) is 0 Å². The number of imidazole rings is 1. The number of H-pyrrole nitrogens is 2. The summed E-state index contributed by atoms with van der Waals surface area (Å²) in [5.41, 5.74) is 7.07. The first kappa shape index (κ1) is 21.7. The molecule has 6 aromatic rings. The number of pyridine rings is 3. The molecule has 0 saturated heterocycles. The van der Waals surface area contributed by atoms with E-state index in [1.165, 1.54) is 6.33 Å². The third-order valence-corrected chi connectivity index (χ3v) is 6.22. The summed E-state index contributed by atoms with van der Waals surface area (Å²) in [5.74, 6) is 1.20. The predicted octanol–water partition coefficient (Wildman–Crippen LogP) is 4.93. The quantitative estimate of drug-likeness (QED) is 0.295. The van der Waals surface area contributed by atoms with Gasteiger partial charge in [0.15, 0.2) is 11.5 Å². The third kappa shape index (κ3) is 3.78. The van der Waals surface area contributed by atoms with Crippen LogP contribution < -0.4 is 10.1 Å². The van der Waals surface area contributed by atoms with E-state index in [0.29, 0.717) is 22.9 Å². The van der Waals surface area contributed by atoms with Crippen LogP contribution in [0.1, 0.15) is 24.9 Å². The summed E-state index contributed by atoms with van der Waals surface area (Å²) in [5, 5.41) is 4.52. The van der Waals surface area contributed by atoms with Gasteiger partial charge in [-0.3, -0.25) is 4.98 Å². The van der Waals surface area contributed by atoms with E-state index in [-0.39, 0.29) is 6.04 Å². The van der Waals surface area contributed by atoms with Crippen LogP contribution in [-0.4, -0.2) is 47.0 Å². The lowest BCUT2D eigenvalue weighted by Crippen LogP contribution is -2.13. The highest BCUT2D eigenvalue weighted by molar-refractivity contribution is 5.95. The van der Waals surface area contributed by atoms with Gasteiger partial charge in [0.1, 0.15) is 17.5 Å². The van der Waals surface area contributed by atoms with Gasteiger partial charge in [-0.1, -0.05) is 13.0 Å². The minimum Gasteiger partial charge on any atom is -0.481 e. The molecule has 0 aliphatic carbocycles. The maximum atomic E-state index is 5.63. The van der Waals surface area contributed by atoms with E-state index in [0.717, 1.165) is 45.3 Å². The monoisotopic (exact) mass is 477 g/mol.